The molecule has 1 aromatic heterocycles. The number of anilines is 1. The Hall–Kier alpha value is -6.39. The average molecular weight is 809 g/mol. The van der Waals surface area contributed by atoms with E-state index in [-0.39, 0.29) is 23.0 Å². The molecule has 0 spiro atoms. The van der Waals surface area contributed by atoms with Gasteiger partial charge in [0.1, 0.15) is 50.8 Å². The summed E-state index contributed by atoms with van der Waals surface area (Å²) in [5.41, 5.74) is 8.26. The number of hydrogen-bond donors (Lipinski definition) is 3. The number of carbonyl (C=O) groups is 3. The summed E-state index contributed by atoms with van der Waals surface area (Å²) >= 11 is 6.90. The van der Waals surface area contributed by atoms with Crippen LogP contribution in [0.25, 0.3) is 11.3 Å². The molecule has 0 atom stereocenters. The summed E-state index contributed by atoms with van der Waals surface area (Å²) in [7, 11) is 2.54. The zero-order chi connectivity index (χ0) is 40.0. The van der Waals surface area contributed by atoms with Crippen LogP contribution in [0.15, 0.2) is 78.2 Å². The number of aromatic hydroxyl groups is 2. The van der Waals surface area contributed by atoms with Crippen molar-refractivity contribution in [3.63, 3.8) is 0 Å². The van der Waals surface area contributed by atoms with Crippen molar-refractivity contribution in [3.05, 3.63) is 94.9 Å². The molecule has 3 aliphatic heterocycles. The fourth-order valence-corrected chi connectivity index (χ4v) is 5.91. The van der Waals surface area contributed by atoms with E-state index in [0.29, 0.717) is 78.9 Å². The molecule has 3 aliphatic rings. The van der Waals surface area contributed by atoms with Crippen molar-refractivity contribution in [2.24, 2.45) is 0 Å². The Morgan fingerprint density at radius 1 is 0.679 bits per heavy atom. The van der Waals surface area contributed by atoms with Crippen molar-refractivity contribution in [1.29, 1.82) is 0 Å². The number of hydrogen-bond acceptors (Lipinski definition) is 16. The molecule has 17 heteroatoms. The van der Waals surface area contributed by atoms with Gasteiger partial charge in [0.15, 0.2) is 56.9 Å². The van der Waals surface area contributed by atoms with Crippen LogP contribution in [-0.2, 0) is 9.47 Å². The minimum atomic E-state index is -0.677. The smallest absolute Gasteiger partial charge is 0.341 e. The number of ether oxygens (including phenoxy) is 8. The van der Waals surface area contributed by atoms with E-state index in [2.05, 4.69) is 14.5 Å². The van der Waals surface area contributed by atoms with Crippen molar-refractivity contribution in [1.82, 2.24) is 4.98 Å². The summed E-state index contributed by atoms with van der Waals surface area (Å²) in [5.74, 6) is 1.68. The normalized spacial score (nSPS) is 12.8. The Balaban J connectivity index is 0.000000144. The second-order valence-electron chi connectivity index (χ2n) is 11.3. The van der Waals surface area contributed by atoms with E-state index in [1.807, 2.05) is 23.6 Å². The molecule has 0 aliphatic carbocycles. The van der Waals surface area contributed by atoms with Crippen LogP contribution in [0.3, 0.4) is 0 Å². The summed E-state index contributed by atoms with van der Waals surface area (Å²) in [4.78, 5) is 37.9. The van der Waals surface area contributed by atoms with E-state index >= 15 is 0 Å². The molecule has 4 aromatic carbocycles. The van der Waals surface area contributed by atoms with Gasteiger partial charge in [0, 0.05) is 10.9 Å². The Labute approximate surface area is 330 Å². The third kappa shape index (κ3) is 10.0. The Morgan fingerprint density at radius 2 is 1.14 bits per heavy atom. The number of thiazole rings is 1. The second kappa shape index (κ2) is 19.8. The molecule has 8 rings (SSSR count). The standard InChI is InChI=1S/C11H10N2O2S.C10H9ClO3.C10H10O4.C8H8O4/c12-11-13-8(6-16-11)7-2-1-3-9-10(7)15-5-4-14-9;11-6-8(12)7-2-1-3-9-10(7)14-5-4-13-9;1-12-10(11)7-3-2-4-8-9(7)14-6-5-13-8;1-12-8(11)5-3-2-4-6(9)7(5)10/h1-3,6H,4-5H2,(H2,12,13);1-3H,4-6H2;2-4H,5-6H2,1H3;2-4,9-10H,1H3. The first-order chi connectivity index (χ1) is 27.2. The highest BCUT2D eigenvalue weighted by Crippen LogP contribution is 2.40. The summed E-state index contributed by atoms with van der Waals surface area (Å²) < 4.78 is 41.5. The van der Waals surface area contributed by atoms with Gasteiger partial charge in [0.25, 0.3) is 0 Å². The van der Waals surface area contributed by atoms with Gasteiger partial charge in [-0.05, 0) is 48.5 Å². The number of para-hydroxylation sites is 4. The zero-order valence-corrected chi connectivity index (χ0v) is 31.7. The van der Waals surface area contributed by atoms with Gasteiger partial charge in [-0.2, -0.15) is 0 Å². The van der Waals surface area contributed by atoms with Crippen LogP contribution in [0.1, 0.15) is 31.1 Å². The Bertz CT molecular complexity index is 2090. The number of phenolic OH excluding ortho intramolecular Hbond substituents is 2. The molecule has 56 heavy (non-hydrogen) atoms. The maximum absolute atomic E-state index is 11.4. The van der Waals surface area contributed by atoms with Crippen LogP contribution >= 0.6 is 22.9 Å². The van der Waals surface area contributed by atoms with Crippen LogP contribution in [0, 0.1) is 0 Å². The average Bonchev–Trinajstić information content (AvgIpc) is 3.69. The van der Waals surface area contributed by atoms with Crippen LogP contribution < -0.4 is 34.2 Å². The Kier molecular flexibility index (Phi) is 14.4. The number of phenols is 2. The van der Waals surface area contributed by atoms with Crippen LogP contribution in [-0.4, -0.2) is 92.7 Å². The molecule has 0 amide bonds. The maximum Gasteiger partial charge on any atom is 0.341 e. The number of fused-ring (bicyclic) bond motifs is 3. The quantitative estimate of drug-likeness (QED) is 0.0786. The topological polar surface area (TPSA) is 204 Å². The molecule has 15 nitrogen and oxygen atoms in total. The van der Waals surface area contributed by atoms with Gasteiger partial charge in [0.05, 0.1) is 31.4 Å². The van der Waals surface area contributed by atoms with Crippen molar-refractivity contribution in [3.8, 4) is 57.3 Å². The molecule has 294 valence electrons. The van der Waals surface area contributed by atoms with Crippen LogP contribution in [0.4, 0.5) is 5.13 Å². The third-order valence-electron chi connectivity index (χ3n) is 7.74. The molecule has 0 unspecified atom stereocenters. The molecule has 0 radical (unpaired) electrons. The number of halogens is 1. The molecule has 4 heterocycles. The molecule has 5 aromatic rings. The highest BCUT2D eigenvalue weighted by atomic mass is 35.5. The predicted octanol–water partition coefficient (Wildman–Crippen LogP) is 6.17. The number of esters is 2. The lowest BCUT2D eigenvalue weighted by Gasteiger charge is -2.20. The lowest BCUT2D eigenvalue weighted by molar-refractivity contribution is 0.0584. The number of aromatic nitrogens is 1. The van der Waals surface area contributed by atoms with Gasteiger partial charge >= 0.3 is 11.9 Å². The summed E-state index contributed by atoms with van der Waals surface area (Å²) in [6.45, 7) is 3.13. The highest BCUT2D eigenvalue weighted by molar-refractivity contribution is 7.13. The number of nitrogens with zero attached hydrogens (tertiary/aromatic N) is 1. The van der Waals surface area contributed by atoms with Gasteiger partial charge in [0.2, 0.25) is 0 Å². The van der Waals surface area contributed by atoms with Crippen LogP contribution in [0.2, 0.25) is 0 Å². The molecular weight excluding hydrogens is 772 g/mol. The minimum absolute atomic E-state index is 0.0419. The monoisotopic (exact) mass is 808 g/mol. The number of nitrogen functional groups attached to an aromatic ring is 1. The molecule has 0 saturated carbocycles. The van der Waals surface area contributed by atoms with Crippen molar-refractivity contribution in [2.75, 3.05) is 65.5 Å². The lowest BCUT2D eigenvalue weighted by Crippen LogP contribution is -2.18. The minimum Gasteiger partial charge on any atom is -0.504 e. The van der Waals surface area contributed by atoms with Gasteiger partial charge in [-0.3, -0.25) is 4.79 Å². The van der Waals surface area contributed by atoms with Gasteiger partial charge in [-0.15, -0.1) is 22.9 Å². The largest absolute Gasteiger partial charge is 0.504 e. The van der Waals surface area contributed by atoms with Gasteiger partial charge in [-0.1, -0.05) is 24.3 Å². The number of benzene rings is 4. The predicted molar refractivity (Wildman–Crippen MR) is 205 cm³/mol. The lowest BCUT2D eigenvalue weighted by atomic mass is 10.1. The first-order valence-electron chi connectivity index (χ1n) is 16.8. The second-order valence-corrected chi connectivity index (χ2v) is 12.4. The molecule has 4 N–H and O–H groups in total. The Morgan fingerprint density at radius 3 is 1.70 bits per heavy atom. The molecular formula is C39H37ClN2O13S. The van der Waals surface area contributed by atoms with E-state index in [9.17, 15) is 14.4 Å². The first kappa shape index (κ1) is 40.8. The number of nitrogens with two attached hydrogens (primary N) is 1. The third-order valence-corrected chi connectivity index (χ3v) is 8.66. The van der Waals surface area contributed by atoms with Gasteiger partial charge < -0.3 is 53.8 Å². The fourth-order valence-electron chi connectivity index (χ4n) is 5.20. The fraction of sp³-hybridized carbons (Fsp3) is 0.231. The highest BCUT2D eigenvalue weighted by Gasteiger charge is 2.22. The molecule has 0 bridgehead atoms. The molecule has 0 saturated heterocycles. The number of alkyl halides is 1. The van der Waals surface area contributed by atoms with Crippen molar-refractivity contribution in [2.45, 2.75) is 0 Å². The zero-order valence-electron chi connectivity index (χ0n) is 30.2. The SMILES string of the molecule is COC(=O)c1cccc(O)c1O.COC(=O)c1cccc2c1OCCO2.Nc1nc(-c2cccc3c2OCCO3)cs1.O=C(CCl)c1cccc2c1OCCO2. The number of rotatable bonds is 5. The van der Waals surface area contributed by atoms with E-state index in [1.54, 1.807) is 36.4 Å². The summed E-state index contributed by atoms with van der Waals surface area (Å²) in [6, 6.07) is 20.3. The maximum atomic E-state index is 11.4. The van der Waals surface area contributed by atoms with E-state index in [0.717, 1.165) is 22.8 Å². The van der Waals surface area contributed by atoms with Crippen LogP contribution in [0.5, 0.6) is 46.0 Å². The first-order valence-corrected chi connectivity index (χ1v) is 18.2. The number of Topliss-reactive ketones (excluding diaryl/α,β-unsaturated/α-hetero) is 1. The number of ketones is 1. The van der Waals surface area contributed by atoms with Gasteiger partial charge in [-0.25, -0.2) is 14.6 Å². The van der Waals surface area contributed by atoms with E-state index in [4.69, 9.17) is 56.0 Å². The van der Waals surface area contributed by atoms with E-state index in [1.165, 1.54) is 43.8 Å². The number of methoxy groups -OCH3 is 2. The number of carbonyl (C=O) groups excluding carboxylic acids is 3. The summed E-state index contributed by atoms with van der Waals surface area (Å²) in [5, 5.41) is 20.6. The summed E-state index contributed by atoms with van der Waals surface area (Å²) in [6.07, 6.45) is 0. The van der Waals surface area contributed by atoms with Crippen molar-refractivity contribution >= 4 is 45.8 Å². The molecule has 0 fully saturated rings. The van der Waals surface area contributed by atoms with E-state index < -0.39 is 17.7 Å². The van der Waals surface area contributed by atoms with Crippen molar-refractivity contribution < 1.29 is 62.5 Å².